The molecule has 20 heavy (non-hydrogen) atoms. The highest BCUT2D eigenvalue weighted by atomic mass is 19.3. The largest absolute Gasteiger partial charge is 0.435 e. The quantitative estimate of drug-likeness (QED) is 0.652. The summed E-state index contributed by atoms with van der Waals surface area (Å²) in [5, 5.41) is 3.75. The van der Waals surface area contributed by atoms with E-state index >= 15 is 0 Å². The van der Waals surface area contributed by atoms with Crippen LogP contribution in [0.15, 0.2) is 47.7 Å². The molecular formula is C13H11F2N3O2. The average molecular weight is 279 g/mol. The van der Waals surface area contributed by atoms with Crippen LogP contribution in [0.4, 0.5) is 8.78 Å². The number of nitrogens with zero attached hydrogens (tertiary/aromatic N) is 1. The molecule has 1 aromatic heterocycles. The van der Waals surface area contributed by atoms with Crippen LogP contribution in [0.1, 0.15) is 16.1 Å². The standard InChI is InChI=1S/C13H11F2N3O2/c14-13(15)20-10-5-3-9(4-6-10)8-17-18-12(19)11-2-1-7-16-11/h1-8,13,16H,(H,18,19)/b17-8-. The molecule has 5 nitrogen and oxygen atoms in total. The van der Waals surface area contributed by atoms with Crippen LogP contribution < -0.4 is 10.2 Å². The number of nitrogens with one attached hydrogen (secondary N) is 2. The van der Waals surface area contributed by atoms with Gasteiger partial charge in [-0.2, -0.15) is 13.9 Å². The van der Waals surface area contributed by atoms with E-state index in [-0.39, 0.29) is 11.7 Å². The molecule has 0 bridgehead atoms. The summed E-state index contributed by atoms with van der Waals surface area (Å²) in [6.07, 6.45) is 3.02. The predicted molar refractivity (Wildman–Crippen MR) is 68.9 cm³/mol. The number of hydrogen-bond acceptors (Lipinski definition) is 3. The van der Waals surface area contributed by atoms with Gasteiger partial charge in [0.15, 0.2) is 0 Å². The molecule has 1 heterocycles. The first-order chi connectivity index (χ1) is 9.65. The van der Waals surface area contributed by atoms with Crippen molar-refractivity contribution in [2.75, 3.05) is 0 Å². The van der Waals surface area contributed by atoms with Gasteiger partial charge in [-0.05, 0) is 42.0 Å². The van der Waals surface area contributed by atoms with Crippen molar-refractivity contribution in [3.8, 4) is 5.75 Å². The molecule has 0 aliphatic heterocycles. The van der Waals surface area contributed by atoms with E-state index in [9.17, 15) is 13.6 Å². The minimum absolute atomic E-state index is 0.0626. The number of benzene rings is 1. The maximum atomic E-state index is 11.9. The van der Waals surface area contributed by atoms with E-state index in [1.54, 1.807) is 30.5 Å². The van der Waals surface area contributed by atoms with Gasteiger partial charge in [-0.25, -0.2) is 5.43 Å². The second-order valence-electron chi connectivity index (χ2n) is 3.73. The summed E-state index contributed by atoms with van der Waals surface area (Å²) in [6, 6.07) is 9.17. The number of hydrazone groups is 1. The molecule has 0 radical (unpaired) electrons. The molecule has 0 atom stereocenters. The third-order valence-corrected chi connectivity index (χ3v) is 2.33. The number of aromatic nitrogens is 1. The molecule has 0 saturated carbocycles. The second-order valence-corrected chi connectivity index (χ2v) is 3.73. The number of hydrogen-bond donors (Lipinski definition) is 2. The lowest BCUT2D eigenvalue weighted by Gasteiger charge is -2.03. The molecule has 104 valence electrons. The van der Waals surface area contributed by atoms with Crippen LogP contribution in [0.5, 0.6) is 5.75 Å². The first-order valence-corrected chi connectivity index (χ1v) is 5.67. The van der Waals surface area contributed by atoms with Crippen molar-refractivity contribution >= 4 is 12.1 Å². The molecule has 0 unspecified atom stereocenters. The molecule has 0 saturated heterocycles. The maximum absolute atomic E-state index is 11.9. The molecule has 2 N–H and O–H groups in total. The lowest BCUT2D eigenvalue weighted by Crippen LogP contribution is -2.17. The van der Waals surface area contributed by atoms with Crippen LogP contribution in [0, 0.1) is 0 Å². The van der Waals surface area contributed by atoms with Crippen LogP contribution in [-0.4, -0.2) is 23.7 Å². The van der Waals surface area contributed by atoms with E-state index < -0.39 is 6.61 Å². The number of ether oxygens (including phenoxy) is 1. The predicted octanol–water partition coefficient (Wildman–Crippen LogP) is 2.38. The Balaban J connectivity index is 1.89. The van der Waals surface area contributed by atoms with Crippen LogP contribution in [0.25, 0.3) is 0 Å². The smallest absolute Gasteiger partial charge is 0.387 e. The van der Waals surface area contributed by atoms with Gasteiger partial charge in [-0.1, -0.05) is 0 Å². The van der Waals surface area contributed by atoms with Crippen molar-refractivity contribution in [2.45, 2.75) is 6.61 Å². The Morgan fingerprint density at radius 2 is 2.05 bits per heavy atom. The Bertz CT molecular complexity index is 580. The Hall–Kier alpha value is -2.70. The number of rotatable bonds is 5. The fraction of sp³-hybridized carbons (Fsp3) is 0.0769. The Kier molecular flexibility index (Phi) is 4.43. The van der Waals surface area contributed by atoms with Crippen molar-refractivity contribution in [1.82, 2.24) is 10.4 Å². The molecule has 2 aromatic rings. The average Bonchev–Trinajstić information content (AvgIpc) is 2.94. The Labute approximate surface area is 113 Å². The van der Waals surface area contributed by atoms with Crippen molar-refractivity contribution in [3.63, 3.8) is 0 Å². The first-order valence-electron chi connectivity index (χ1n) is 5.67. The van der Waals surface area contributed by atoms with Crippen molar-refractivity contribution < 1.29 is 18.3 Å². The molecule has 1 aromatic carbocycles. The van der Waals surface area contributed by atoms with E-state index in [1.165, 1.54) is 18.3 Å². The molecule has 1 amide bonds. The van der Waals surface area contributed by atoms with Crippen LogP contribution >= 0.6 is 0 Å². The number of amides is 1. The lowest BCUT2D eigenvalue weighted by molar-refractivity contribution is -0.0498. The summed E-state index contributed by atoms with van der Waals surface area (Å²) in [6.45, 7) is -2.85. The van der Waals surface area contributed by atoms with Crippen molar-refractivity contribution in [1.29, 1.82) is 0 Å². The summed E-state index contributed by atoms with van der Waals surface area (Å²) < 4.78 is 28.1. The zero-order valence-electron chi connectivity index (χ0n) is 10.2. The molecule has 0 fully saturated rings. The second kappa shape index (κ2) is 6.46. The Morgan fingerprint density at radius 1 is 1.30 bits per heavy atom. The number of alkyl halides is 2. The summed E-state index contributed by atoms with van der Waals surface area (Å²) in [7, 11) is 0. The van der Waals surface area contributed by atoms with Gasteiger partial charge in [0.1, 0.15) is 11.4 Å². The van der Waals surface area contributed by atoms with Gasteiger partial charge in [0, 0.05) is 6.20 Å². The number of H-pyrrole nitrogens is 1. The topological polar surface area (TPSA) is 66.5 Å². The molecule has 2 rings (SSSR count). The number of aromatic amines is 1. The lowest BCUT2D eigenvalue weighted by atomic mass is 10.2. The number of halogens is 2. The van der Waals surface area contributed by atoms with Crippen LogP contribution in [-0.2, 0) is 0 Å². The van der Waals surface area contributed by atoms with Gasteiger partial charge in [-0.3, -0.25) is 4.79 Å². The molecule has 0 aliphatic rings. The number of carbonyl (C=O) groups excluding carboxylic acids is 1. The van der Waals surface area contributed by atoms with Crippen LogP contribution in [0.3, 0.4) is 0 Å². The summed E-state index contributed by atoms with van der Waals surface area (Å²) in [4.78, 5) is 14.2. The van der Waals surface area contributed by atoms with Gasteiger partial charge in [0.05, 0.1) is 6.21 Å². The zero-order valence-corrected chi connectivity index (χ0v) is 10.2. The third-order valence-electron chi connectivity index (χ3n) is 2.33. The normalized spacial score (nSPS) is 10.9. The Morgan fingerprint density at radius 3 is 2.65 bits per heavy atom. The first kappa shape index (κ1) is 13.7. The zero-order chi connectivity index (χ0) is 14.4. The highest BCUT2D eigenvalue weighted by molar-refractivity contribution is 5.93. The van der Waals surface area contributed by atoms with Crippen molar-refractivity contribution in [3.05, 3.63) is 53.9 Å². The van der Waals surface area contributed by atoms with Crippen LogP contribution in [0.2, 0.25) is 0 Å². The summed E-state index contributed by atoms with van der Waals surface area (Å²) in [5.74, 6) is -0.309. The van der Waals surface area contributed by atoms with E-state index in [4.69, 9.17) is 0 Å². The monoisotopic (exact) mass is 279 g/mol. The summed E-state index contributed by atoms with van der Waals surface area (Å²) in [5.41, 5.74) is 3.36. The molecule has 0 spiro atoms. The van der Waals surface area contributed by atoms with E-state index in [1.807, 2.05) is 0 Å². The molecule has 0 aliphatic carbocycles. The minimum atomic E-state index is -2.85. The highest BCUT2D eigenvalue weighted by Crippen LogP contribution is 2.13. The SMILES string of the molecule is O=C(N/N=C\c1ccc(OC(F)F)cc1)c1ccc[nH]1. The maximum Gasteiger partial charge on any atom is 0.387 e. The summed E-state index contributed by atoms with van der Waals surface area (Å²) >= 11 is 0. The highest BCUT2D eigenvalue weighted by Gasteiger charge is 2.04. The fourth-order valence-corrected chi connectivity index (χ4v) is 1.43. The van der Waals surface area contributed by atoms with Gasteiger partial charge >= 0.3 is 6.61 Å². The molecular weight excluding hydrogens is 268 g/mol. The van der Waals surface area contributed by atoms with E-state index in [0.717, 1.165) is 0 Å². The van der Waals surface area contributed by atoms with Gasteiger partial charge in [-0.15, -0.1) is 0 Å². The fourth-order valence-electron chi connectivity index (χ4n) is 1.43. The van der Waals surface area contributed by atoms with Gasteiger partial charge in [0.2, 0.25) is 0 Å². The number of carbonyl (C=O) groups is 1. The third kappa shape index (κ3) is 3.91. The van der Waals surface area contributed by atoms with Crippen molar-refractivity contribution in [2.24, 2.45) is 5.10 Å². The van der Waals surface area contributed by atoms with Gasteiger partial charge in [0.25, 0.3) is 5.91 Å². The van der Waals surface area contributed by atoms with Gasteiger partial charge < -0.3 is 9.72 Å². The minimum Gasteiger partial charge on any atom is -0.435 e. The van der Waals surface area contributed by atoms with E-state index in [2.05, 4.69) is 20.2 Å². The van der Waals surface area contributed by atoms with E-state index in [0.29, 0.717) is 11.3 Å². The molecule has 7 heteroatoms.